The topological polar surface area (TPSA) is 47.7 Å². The van der Waals surface area contributed by atoms with E-state index in [1.807, 2.05) is 24.1 Å². The van der Waals surface area contributed by atoms with Gasteiger partial charge in [-0.15, -0.1) is 0 Å². The van der Waals surface area contributed by atoms with Gasteiger partial charge < -0.3 is 20.1 Å². The van der Waals surface area contributed by atoms with Crippen LogP contribution in [0.3, 0.4) is 0 Å². The lowest BCUT2D eigenvalue weighted by atomic mass is 10.1. The molecule has 0 fully saturated rings. The van der Waals surface area contributed by atoms with Crippen LogP contribution >= 0.6 is 0 Å². The minimum absolute atomic E-state index is 0.249. The van der Waals surface area contributed by atoms with Crippen molar-refractivity contribution in [1.82, 2.24) is 0 Å². The molecule has 2 aromatic carbocycles. The quantitative estimate of drug-likeness (QED) is 0.860. The first-order valence-electron chi connectivity index (χ1n) is 6.52. The number of benzene rings is 2. The van der Waals surface area contributed by atoms with Crippen LogP contribution in [0, 0.1) is 5.82 Å². The summed E-state index contributed by atoms with van der Waals surface area (Å²) in [5.41, 5.74) is 8.30. The third kappa shape index (κ3) is 3.37. The van der Waals surface area contributed by atoms with Crippen LogP contribution < -0.4 is 20.1 Å². The van der Waals surface area contributed by atoms with Crippen LogP contribution in [0.4, 0.5) is 15.8 Å². The van der Waals surface area contributed by atoms with E-state index in [1.54, 1.807) is 26.4 Å². The van der Waals surface area contributed by atoms with Gasteiger partial charge in [-0.3, -0.25) is 0 Å². The smallest absolute Gasteiger partial charge is 0.162 e. The molecule has 0 radical (unpaired) electrons. The minimum atomic E-state index is -0.249. The maximum Gasteiger partial charge on any atom is 0.162 e. The molecule has 0 unspecified atom stereocenters. The second-order valence-corrected chi connectivity index (χ2v) is 4.75. The number of methoxy groups -OCH3 is 2. The highest BCUT2D eigenvalue weighted by molar-refractivity contribution is 5.73. The van der Waals surface area contributed by atoms with Crippen LogP contribution in [0.1, 0.15) is 5.56 Å². The zero-order valence-corrected chi connectivity index (χ0v) is 12.4. The van der Waals surface area contributed by atoms with E-state index in [4.69, 9.17) is 15.2 Å². The standard InChI is InChI=1S/C16H19FN2O2/c1-19(10-11-5-4-6-12(17)7-11)14-9-16(21-3)15(20-2)8-13(14)18/h4-9H,10,18H2,1-3H3. The molecular weight excluding hydrogens is 271 g/mol. The first-order valence-corrected chi connectivity index (χ1v) is 6.52. The van der Waals surface area contributed by atoms with Crippen molar-refractivity contribution < 1.29 is 13.9 Å². The Bertz CT molecular complexity index is 632. The maximum atomic E-state index is 13.2. The molecule has 0 bridgehead atoms. The molecule has 0 aliphatic heterocycles. The fourth-order valence-corrected chi connectivity index (χ4v) is 2.21. The third-order valence-corrected chi connectivity index (χ3v) is 3.25. The lowest BCUT2D eigenvalue weighted by molar-refractivity contribution is 0.355. The number of ether oxygens (including phenoxy) is 2. The monoisotopic (exact) mass is 290 g/mol. The number of hydrogen-bond donors (Lipinski definition) is 1. The molecule has 0 atom stereocenters. The van der Waals surface area contributed by atoms with Crippen LogP contribution in [-0.2, 0) is 6.54 Å². The molecule has 0 saturated heterocycles. The summed E-state index contributed by atoms with van der Waals surface area (Å²) in [7, 11) is 5.03. The van der Waals surface area contributed by atoms with Crippen molar-refractivity contribution in [3.8, 4) is 11.5 Å². The molecule has 2 aromatic rings. The van der Waals surface area contributed by atoms with E-state index in [2.05, 4.69) is 0 Å². The summed E-state index contributed by atoms with van der Waals surface area (Å²) >= 11 is 0. The number of rotatable bonds is 5. The molecule has 0 heterocycles. The molecule has 2 rings (SSSR count). The summed E-state index contributed by atoms with van der Waals surface area (Å²) < 4.78 is 23.7. The van der Waals surface area contributed by atoms with Crippen molar-refractivity contribution in [2.75, 3.05) is 31.9 Å². The summed E-state index contributed by atoms with van der Waals surface area (Å²) in [6.45, 7) is 0.539. The molecular formula is C16H19FN2O2. The van der Waals surface area contributed by atoms with E-state index in [9.17, 15) is 4.39 Å². The van der Waals surface area contributed by atoms with Crippen molar-refractivity contribution in [2.24, 2.45) is 0 Å². The minimum Gasteiger partial charge on any atom is -0.493 e. The fourth-order valence-electron chi connectivity index (χ4n) is 2.21. The lowest BCUT2D eigenvalue weighted by Crippen LogP contribution is -2.18. The highest BCUT2D eigenvalue weighted by Gasteiger charge is 2.13. The molecule has 5 heteroatoms. The highest BCUT2D eigenvalue weighted by atomic mass is 19.1. The van der Waals surface area contributed by atoms with E-state index in [0.29, 0.717) is 23.7 Å². The Kier molecular flexibility index (Phi) is 4.52. The number of nitrogens with two attached hydrogens (primary N) is 1. The van der Waals surface area contributed by atoms with Gasteiger partial charge in [0.05, 0.1) is 25.6 Å². The average molecular weight is 290 g/mol. The summed E-state index contributed by atoms with van der Waals surface area (Å²) in [5, 5.41) is 0. The highest BCUT2D eigenvalue weighted by Crippen LogP contribution is 2.36. The predicted molar refractivity (Wildman–Crippen MR) is 82.5 cm³/mol. The molecule has 0 saturated carbocycles. The molecule has 0 aliphatic rings. The van der Waals surface area contributed by atoms with Gasteiger partial charge in [0.2, 0.25) is 0 Å². The normalized spacial score (nSPS) is 10.3. The number of nitrogens with zero attached hydrogens (tertiary/aromatic N) is 1. The Balaban J connectivity index is 2.28. The molecule has 21 heavy (non-hydrogen) atoms. The van der Waals surface area contributed by atoms with Gasteiger partial charge in [-0.2, -0.15) is 0 Å². The van der Waals surface area contributed by atoms with Gasteiger partial charge in [-0.1, -0.05) is 12.1 Å². The molecule has 0 aromatic heterocycles. The van der Waals surface area contributed by atoms with Crippen LogP contribution in [0.25, 0.3) is 0 Å². The van der Waals surface area contributed by atoms with E-state index in [0.717, 1.165) is 11.3 Å². The number of hydrogen-bond acceptors (Lipinski definition) is 4. The van der Waals surface area contributed by atoms with Gasteiger partial charge in [0.15, 0.2) is 11.5 Å². The Labute approximate surface area is 123 Å². The molecule has 0 aliphatic carbocycles. The van der Waals surface area contributed by atoms with Crippen LogP contribution in [-0.4, -0.2) is 21.3 Å². The van der Waals surface area contributed by atoms with Crippen molar-refractivity contribution >= 4 is 11.4 Å². The number of nitrogen functional groups attached to an aromatic ring is 1. The van der Waals surface area contributed by atoms with Crippen molar-refractivity contribution in [3.63, 3.8) is 0 Å². The fraction of sp³-hybridized carbons (Fsp3) is 0.250. The van der Waals surface area contributed by atoms with Gasteiger partial charge in [-0.25, -0.2) is 4.39 Å². The Morgan fingerprint density at radius 2 is 1.76 bits per heavy atom. The van der Waals surface area contributed by atoms with Crippen molar-refractivity contribution in [2.45, 2.75) is 6.54 Å². The SMILES string of the molecule is COc1cc(N)c(N(C)Cc2cccc(F)c2)cc1OC. The second-order valence-electron chi connectivity index (χ2n) is 4.75. The summed E-state index contributed by atoms with van der Waals surface area (Å²) in [6, 6.07) is 10.0. The number of halogens is 1. The van der Waals surface area contributed by atoms with E-state index < -0.39 is 0 Å². The Hall–Kier alpha value is -2.43. The average Bonchev–Trinajstić information content (AvgIpc) is 2.46. The largest absolute Gasteiger partial charge is 0.493 e. The summed E-state index contributed by atoms with van der Waals surface area (Å²) in [6.07, 6.45) is 0. The van der Waals surface area contributed by atoms with Crippen LogP contribution in [0.15, 0.2) is 36.4 Å². The van der Waals surface area contributed by atoms with E-state index in [-0.39, 0.29) is 5.82 Å². The van der Waals surface area contributed by atoms with Gasteiger partial charge in [-0.05, 0) is 17.7 Å². The van der Waals surface area contributed by atoms with Crippen LogP contribution in [0.5, 0.6) is 11.5 Å². The summed E-state index contributed by atoms with van der Waals surface area (Å²) in [4.78, 5) is 1.94. The molecule has 112 valence electrons. The summed E-state index contributed by atoms with van der Waals surface area (Å²) in [5.74, 6) is 0.937. The maximum absolute atomic E-state index is 13.2. The number of anilines is 2. The third-order valence-electron chi connectivity index (χ3n) is 3.25. The molecule has 4 nitrogen and oxygen atoms in total. The Morgan fingerprint density at radius 3 is 2.38 bits per heavy atom. The zero-order valence-electron chi connectivity index (χ0n) is 12.4. The van der Waals surface area contributed by atoms with Gasteiger partial charge in [0.25, 0.3) is 0 Å². The van der Waals surface area contributed by atoms with Gasteiger partial charge in [0, 0.05) is 25.7 Å². The van der Waals surface area contributed by atoms with Crippen LogP contribution in [0.2, 0.25) is 0 Å². The van der Waals surface area contributed by atoms with Crippen molar-refractivity contribution in [1.29, 1.82) is 0 Å². The molecule has 0 amide bonds. The van der Waals surface area contributed by atoms with Gasteiger partial charge in [0.1, 0.15) is 5.82 Å². The Morgan fingerprint density at radius 1 is 1.10 bits per heavy atom. The van der Waals surface area contributed by atoms with Crippen molar-refractivity contribution in [3.05, 3.63) is 47.8 Å². The lowest BCUT2D eigenvalue weighted by Gasteiger charge is -2.23. The zero-order chi connectivity index (χ0) is 15.4. The van der Waals surface area contributed by atoms with E-state index >= 15 is 0 Å². The first kappa shape index (κ1) is 15.0. The van der Waals surface area contributed by atoms with Gasteiger partial charge >= 0.3 is 0 Å². The second kappa shape index (κ2) is 6.35. The molecule has 0 spiro atoms. The predicted octanol–water partition coefficient (Wildman–Crippen LogP) is 3.06. The molecule has 2 N–H and O–H groups in total. The van der Waals surface area contributed by atoms with E-state index in [1.165, 1.54) is 12.1 Å². The first-order chi connectivity index (χ1) is 10.0.